The molecule has 0 aliphatic carbocycles. The van der Waals surface area contributed by atoms with Gasteiger partial charge in [-0.1, -0.05) is 36.4 Å². The Morgan fingerprint density at radius 2 is 1.68 bits per heavy atom. The Balaban J connectivity index is 1.47. The van der Waals surface area contributed by atoms with Gasteiger partial charge < -0.3 is 19.1 Å². The van der Waals surface area contributed by atoms with Crippen molar-refractivity contribution >= 4 is 18.3 Å². The number of benzene rings is 2. The van der Waals surface area contributed by atoms with E-state index in [-0.39, 0.29) is 12.8 Å². The van der Waals surface area contributed by atoms with Crippen LogP contribution in [0.3, 0.4) is 0 Å². The largest absolute Gasteiger partial charge is 0.459 e. The Hall–Kier alpha value is -3.23. The van der Waals surface area contributed by atoms with E-state index < -0.39 is 24.1 Å². The van der Waals surface area contributed by atoms with Gasteiger partial charge in [0.15, 0.2) is 0 Å². The SMILES string of the molecule is CCN1C=NCN([C@@H]2C[C@H](OC(=O)c3ccccc3C)[C@@H](COC(=O)c3ccccc3C)O2)C1. The van der Waals surface area contributed by atoms with E-state index in [1.165, 1.54) is 0 Å². The van der Waals surface area contributed by atoms with Gasteiger partial charge in [-0.25, -0.2) is 14.5 Å². The number of rotatable bonds is 7. The van der Waals surface area contributed by atoms with Gasteiger partial charge in [-0.2, -0.15) is 0 Å². The summed E-state index contributed by atoms with van der Waals surface area (Å²) >= 11 is 0. The number of hydrogen-bond acceptors (Lipinski definition) is 8. The smallest absolute Gasteiger partial charge is 0.338 e. The second kappa shape index (κ2) is 10.8. The maximum atomic E-state index is 12.9. The molecule has 0 aromatic heterocycles. The summed E-state index contributed by atoms with van der Waals surface area (Å²) in [7, 11) is 0. The molecule has 2 aromatic rings. The number of esters is 2. The van der Waals surface area contributed by atoms with Crippen LogP contribution in [0.15, 0.2) is 53.5 Å². The predicted molar refractivity (Wildman–Crippen MR) is 128 cm³/mol. The lowest BCUT2D eigenvalue weighted by Gasteiger charge is -2.34. The molecule has 0 N–H and O–H groups in total. The maximum absolute atomic E-state index is 12.9. The van der Waals surface area contributed by atoms with Crippen LogP contribution in [0.25, 0.3) is 0 Å². The van der Waals surface area contributed by atoms with Crippen molar-refractivity contribution in [2.45, 2.75) is 45.6 Å². The molecule has 0 amide bonds. The van der Waals surface area contributed by atoms with Gasteiger partial charge in [0.2, 0.25) is 0 Å². The number of carbonyl (C=O) groups is 2. The molecule has 2 aromatic carbocycles. The van der Waals surface area contributed by atoms with Crippen molar-refractivity contribution in [3.63, 3.8) is 0 Å². The lowest BCUT2D eigenvalue weighted by atomic mass is 10.1. The van der Waals surface area contributed by atoms with Gasteiger partial charge in [-0.05, 0) is 44.0 Å². The summed E-state index contributed by atoms with van der Waals surface area (Å²) in [5.41, 5.74) is 2.70. The molecule has 0 spiro atoms. The fraction of sp³-hybridized carbons (Fsp3) is 0.423. The normalized spacial score (nSPS) is 22.6. The van der Waals surface area contributed by atoms with Crippen molar-refractivity contribution in [2.75, 3.05) is 26.5 Å². The number of aryl methyl sites for hydroxylation is 2. The lowest BCUT2D eigenvalue weighted by Crippen LogP contribution is -2.46. The Morgan fingerprint density at radius 3 is 2.32 bits per heavy atom. The third-order valence-electron chi connectivity index (χ3n) is 6.23. The van der Waals surface area contributed by atoms with E-state index >= 15 is 0 Å². The number of hydrogen-bond donors (Lipinski definition) is 0. The van der Waals surface area contributed by atoms with Gasteiger partial charge in [-0.15, -0.1) is 0 Å². The highest BCUT2D eigenvalue weighted by Crippen LogP contribution is 2.28. The second-order valence-corrected chi connectivity index (χ2v) is 8.61. The minimum Gasteiger partial charge on any atom is -0.459 e. The summed E-state index contributed by atoms with van der Waals surface area (Å²) in [6, 6.07) is 14.6. The molecule has 2 aliphatic heterocycles. The van der Waals surface area contributed by atoms with Crippen LogP contribution in [-0.2, 0) is 14.2 Å². The molecule has 0 saturated carbocycles. The minimum atomic E-state index is -0.577. The fourth-order valence-corrected chi connectivity index (χ4v) is 4.18. The van der Waals surface area contributed by atoms with Crippen LogP contribution < -0.4 is 0 Å². The molecular weight excluding hydrogens is 434 g/mol. The van der Waals surface area contributed by atoms with Crippen LogP contribution >= 0.6 is 0 Å². The summed E-state index contributed by atoms with van der Waals surface area (Å²) in [5, 5.41) is 0. The van der Waals surface area contributed by atoms with E-state index in [2.05, 4.69) is 21.7 Å². The van der Waals surface area contributed by atoms with Gasteiger partial charge in [0.1, 0.15) is 25.0 Å². The highest BCUT2D eigenvalue weighted by atomic mass is 16.6. The van der Waals surface area contributed by atoms with Crippen LogP contribution in [0.2, 0.25) is 0 Å². The molecule has 3 atom stereocenters. The average Bonchev–Trinajstić information content (AvgIpc) is 3.25. The molecule has 4 rings (SSSR count). The summed E-state index contributed by atoms with van der Waals surface area (Å²) in [4.78, 5) is 34.1. The lowest BCUT2D eigenvalue weighted by molar-refractivity contribution is -0.0921. The Morgan fingerprint density at radius 1 is 1.03 bits per heavy atom. The third-order valence-corrected chi connectivity index (χ3v) is 6.23. The Bertz CT molecular complexity index is 1060. The molecule has 8 heteroatoms. The highest BCUT2D eigenvalue weighted by Gasteiger charge is 2.42. The van der Waals surface area contributed by atoms with Crippen molar-refractivity contribution in [3.05, 3.63) is 70.8 Å². The van der Waals surface area contributed by atoms with E-state index in [0.29, 0.717) is 30.9 Å². The van der Waals surface area contributed by atoms with Crippen molar-refractivity contribution < 1.29 is 23.8 Å². The van der Waals surface area contributed by atoms with Crippen molar-refractivity contribution in [1.29, 1.82) is 0 Å². The van der Waals surface area contributed by atoms with Gasteiger partial charge in [0.05, 0.1) is 30.8 Å². The van der Waals surface area contributed by atoms with Crippen LogP contribution in [0.4, 0.5) is 0 Å². The molecule has 34 heavy (non-hydrogen) atoms. The van der Waals surface area contributed by atoms with E-state index in [1.54, 1.807) is 18.2 Å². The maximum Gasteiger partial charge on any atom is 0.338 e. The summed E-state index contributed by atoms with van der Waals surface area (Å²) in [5.74, 6) is -0.830. The number of aliphatic imine (C=N–C) groups is 1. The second-order valence-electron chi connectivity index (χ2n) is 8.61. The molecule has 0 bridgehead atoms. The summed E-state index contributed by atoms with van der Waals surface area (Å²) < 4.78 is 17.8. The monoisotopic (exact) mass is 465 g/mol. The molecule has 1 saturated heterocycles. The van der Waals surface area contributed by atoms with E-state index in [1.807, 2.05) is 50.5 Å². The van der Waals surface area contributed by atoms with E-state index in [4.69, 9.17) is 14.2 Å². The van der Waals surface area contributed by atoms with Gasteiger partial charge >= 0.3 is 11.9 Å². The number of carbonyl (C=O) groups excluding carboxylic acids is 2. The first-order valence-electron chi connectivity index (χ1n) is 11.6. The van der Waals surface area contributed by atoms with E-state index in [0.717, 1.165) is 17.7 Å². The quantitative estimate of drug-likeness (QED) is 0.580. The number of nitrogens with zero attached hydrogens (tertiary/aromatic N) is 3. The van der Waals surface area contributed by atoms with Crippen molar-refractivity contribution in [1.82, 2.24) is 9.80 Å². The van der Waals surface area contributed by atoms with Crippen LogP contribution in [0, 0.1) is 13.8 Å². The van der Waals surface area contributed by atoms with Gasteiger partial charge in [0, 0.05) is 13.0 Å². The average molecular weight is 466 g/mol. The summed E-state index contributed by atoms with van der Waals surface area (Å²) in [6.07, 6.45) is 0.873. The molecular formula is C26H31N3O5. The van der Waals surface area contributed by atoms with Crippen LogP contribution in [0.1, 0.15) is 45.2 Å². The minimum absolute atomic E-state index is 0.00993. The van der Waals surface area contributed by atoms with Crippen molar-refractivity contribution in [2.24, 2.45) is 4.99 Å². The Kier molecular flexibility index (Phi) is 7.59. The summed E-state index contributed by atoms with van der Waals surface area (Å²) in [6.45, 7) is 7.78. The molecule has 8 nitrogen and oxygen atoms in total. The van der Waals surface area contributed by atoms with Gasteiger partial charge in [0.25, 0.3) is 0 Å². The van der Waals surface area contributed by atoms with E-state index in [9.17, 15) is 9.59 Å². The molecule has 2 aliphatic rings. The predicted octanol–water partition coefficient (Wildman–Crippen LogP) is 3.38. The van der Waals surface area contributed by atoms with Crippen LogP contribution in [0.5, 0.6) is 0 Å². The fourth-order valence-electron chi connectivity index (χ4n) is 4.18. The number of ether oxygens (including phenoxy) is 3. The zero-order valence-electron chi connectivity index (χ0n) is 19.8. The topological polar surface area (TPSA) is 80.7 Å². The third kappa shape index (κ3) is 5.46. The molecule has 180 valence electrons. The highest BCUT2D eigenvalue weighted by molar-refractivity contribution is 5.91. The first kappa shape index (κ1) is 23.9. The standard InChI is InChI=1S/C26H31N3O5/c1-4-28-15-27-16-29(17-28)24-13-22(34-26(31)21-12-8-6-10-19(21)3)23(33-24)14-32-25(30)20-11-7-5-9-18(20)2/h5-12,15,22-24H,4,13-14,16-17H2,1-3H3/t22-,23+,24-/m0/s1. The van der Waals surface area contributed by atoms with Gasteiger partial charge in [-0.3, -0.25) is 4.99 Å². The molecule has 2 heterocycles. The molecule has 0 unspecified atom stereocenters. The first-order valence-corrected chi connectivity index (χ1v) is 11.6. The molecule has 1 fully saturated rings. The zero-order valence-corrected chi connectivity index (χ0v) is 19.8. The first-order chi connectivity index (χ1) is 16.5. The molecule has 0 radical (unpaired) electrons. The van der Waals surface area contributed by atoms with Crippen LogP contribution in [-0.4, -0.2) is 73.0 Å². The van der Waals surface area contributed by atoms with Crippen molar-refractivity contribution in [3.8, 4) is 0 Å². The zero-order chi connectivity index (χ0) is 24.1. The Labute approximate surface area is 200 Å².